The summed E-state index contributed by atoms with van der Waals surface area (Å²) < 4.78 is 5.69. The second-order valence-corrected chi connectivity index (χ2v) is 7.95. The fraction of sp³-hybridized carbons (Fsp3) is 0.154. The Morgan fingerprint density at radius 2 is 1.67 bits per heavy atom. The first kappa shape index (κ1) is 22.0. The summed E-state index contributed by atoms with van der Waals surface area (Å²) in [5, 5.41) is 31.7. The van der Waals surface area contributed by atoms with Gasteiger partial charge >= 0.3 is 0 Å². The number of carbonyl (C=O) groups excluding carboxylic acids is 2. The highest BCUT2D eigenvalue weighted by Gasteiger charge is 2.47. The van der Waals surface area contributed by atoms with Crippen molar-refractivity contribution in [2.24, 2.45) is 0 Å². The van der Waals surface area contributed by atoms with Crippen molar-refractivity contribution in [2.45, 2.75) is 26.0 Å². The summed E-state index contributed by atoms with van der Waals surface area (Å²) in [6, 6.07) is 17.7. The van der Waals surface area contributed by atoms with Crippen molar-refractivity contribution >= 4 is 23.1 Å². The van der Waals surface area contributed by atoms with Crippen molar-refractivity contribution in [1.29, 1.82) is 0 Å². The number of phenols is 2. The monoisotopic (exact) mass is 445 g/mol. The molecule has 0 aromatic heterocycles. The molecule has 4 rings (SSSR count). The largest absolute Gasteiger partial charge is 0.508 e. The van der Waals surface area contributed by atoms with Crippen LogP contribution in [0.15, 0.2) is 78.4 Å². The van der Waals surface area contributed by atoms with Crippen LogP contribution in [0.1, 0.15) is 31.0 Å². The van der Waals surface area contributed by atoms with Gasteiger partial charge in [-0.1, -0.05) is 36.4 Å². The van der Waals surface area contributed by atoms with E-state index in [4.69, 9.17) is 4.74 Å². The lowest BCUT2D eigenvalue weighted by atomic mass is 9.95. The third-order valence-corrected chi connectivity index (χ3v) is 5.25. The Balaban J connectivity index is 1.93. The molecule has 0 aliphatic carbocycles. The Morgan fingerprint density at radius 3 is 2.36 bits per heavy atom. The summed E-state index contributed by atoms with van der Waals surface area (Å²) in [4.78, 5) is 27.4. The minimum Gasteiger partial charge on any atom is -0.508 e. The predicted octanol–water partition coefficient (Wildman–Crippen LogP) is 4.51. The average Bonchev–Trinajstić information content (AvgIpc) is 3.04. The fourth-order valence-electron chi connectivity index (χ4n) is 3.90. The van der Waals surface area contributed by atoms with E-state index in [9.17, 15) is 24.9 Å². The van der Waals surface area contributed by atoms with E-state index in [1.165, 1.54) is 24.3 Å². The second-order valence-electron chi connectivity index (χ2n) is 7.95. The number of ketones is 1. The van der Waals surface area contributed by atoms with Gasteiger partial charge in [0, 0.05) is 5.56 Å². The maximum Gasteiger partial charge on any atom is 0.300 e. The predicted molar refractivity (Wildman–Crippen MR) is 123 cm³/mol. The van der Waals surface area contributed by atoms with Crippen LogP contribution in [0, 0.1) is 0 Å². The molecule has 1 aliphatic heterocycles. The number of rotatable bonds is 5. The molecule has 1 unspecified atom stereocenters. The molecule has 0 saturated carbocycles. The molecule has 33 heavy (non-hydrogen) atoms. The summed E-state index contributed by atoms with van der Waals surface area (Å²) in [6.45, 7) is 3.73. The molecule has 7 nitrogen and oxygen atoms in total. The quantitative estimate of drug-likeness (QED) is 0.303. The number of hydrogen-bond acceptors (Lipinski definition) is 6. The minimum atomic E-state index is -1.07. The number of Topliss-reactive ketones (excluding diaryl/α,β-unsaturated/α-hetero) is 1. The Kier molecular flexibility index (Phi) is 5.79. The lowest BCUT2D eigenvalue weighted by molar-refractivity contribution is -0.132. The number of ether oxygens (including phenoxy) is 1. The Bertz CT molecular complexity index is 1260. The van der Waals surface area contributed by atoms with Crippen LogP contribution in [0.2, 0.25) is 0 Å². The van der Waals surface area contributed by atoms with Gasteiger partial charge in [0.05, 0.1) is 23.4 Å². The number of aliphatic hydroxyl groups is 1. The highest BCUT2D eigenvalue weighted by molar-refractivity contribution is 6.51. The molecule has 1 heterocycles. The van der Waals surface area contributed by atoms with Crippen LogP contribution in [0.4, 0.5) is 5.69 Å². The number of benzene rings is 3. The van der Waals surface area contributed by atoms with Gasteiger partial charge in [-0.05, 0) is 55.8 Å². The fourth-order valence-corrected chi connectivity index (χ4v) is 3.90. The zero-order valence-electron chi connectivity index (χ0n) is 18.1. The van der Waals surface area contributed by atoms with E-state index in [-0.39, 0.29) is 34.6 Å². The zero-order chi connectivity index (χ0) is 23.7. The molecule has 168 valence electrons. The van der Waals surface area contributed by atoms with E-state index < -0.39 is 17.7 Å². The third-order valence-electron chi connectivity index (χ3n) is 5.25. The number of phenolic OH excluding ortho intramolecular Hbond substituents is 2. The van der Waals surface area contributed by atoms with Gasteiger partial charge in [-0.3, -0.25) is 14.5 Å². The molecule has 3 aromatic carbocycles. The molecule has 0 radical (unpaired) electrons. The van der Waals surface area contributed by atoms with Crippen molar-refractivity contribution in [3.8, 4) is 17.2 Å². The standard InChI is InChI=1S/C26H23NO6/c1-15(2)33-19-10-6-8-17(14-19)24(30)22-23(16-7-5-9-18(28)13-16)27(26(32)25(22)31)20-11-3-4-12-21(20)29/h3-15,23,28-30H,1-2H3/b24-22-. The topological polar surface area (TPSA) is 107 Å². The van der Waals surface area contributed by atoms with Gasteiger partial charge < -0.3 is 20.1 Å². The zero-order valence-corrected chi connectivity index (χ0v) is 18.1. The van der Waals surface area contributed by atoms with E-state index in [1.54, 1.807) is 48.5 Å². The first-order valence-corrected chi connectivity index (χ1v) is 10.4. The highest BCUT2D eigenvalue weighted by atomic mass is 16.5. The maximum absolute atomic E-state index is 13.2. The molecule has 1 saturated heterocycles. The van der Waals surface area contributed by atoms with Gasteiger partial charge in [-0.2, -0.15) is 0 Å². The second kappa shape index (κ2) is 8.70. The number of carbonyl (C=O) groups is 2. The number of anilines is 1. The smallest absolute Gasteiger partial charge is 0.300 e. The number of hydrogen-bond donors (Lipinski definition) is 3. The third kappa shape index (κ3) is 4.13. The normalized spacial score (nSPS) is 17.5. The summed E-state index contributed by atoms with van der Waals surface area (Å²) in [6.07, 6.45) is -0.0960. The summed E-state index contributed by atoms with van der Waals surface area (Å²) in [5.41, 5.74) is 0.654. The van der Waals surface area contributed by atoms with Crippen LogP contribution in [-0.4, -0.2) is 33.1 Å². The molecule has 1 fully saturated rings. The minimum absolute atomic E-state index is 0.0669. The van der Waals surface area contributed by atoms with Crippen LogP contribution >= 0.6 is 0 Å². The molecule has 7 heteroatoms. The molecule has 3 aromatic rings. The van der Waals surface area contributed by atoms with Gasteiger partial charge in [0.25, 0.3) is 11.7 Å². The van der Waals surface area contributed by atoms with Gasteiger partial charge in [-0.25, -0.2) is 0 Å². The van der Waals surface area contributed by atoms with Crippen LogP contribution in [0.5, 0.6) is 17.2 Å². The molecule has 1 amide bonds. The number of amides is 1. The molecule has 0 spiro atoms. The summed E-state index contributed by atoms with van der Waals surface area (Å²) in [7, 11) is 0. The maximum atomic E-state index is 13.2. The molecule has 1 aliphatic rings. The SMILES string of the molecule is CC(C)Oc1cccc(/C(O)=C2/C(=O)C(=O)N(c3ccccc3O)C2c2cccc(O)c2)c1. The average molecular weight is 445 g/mol. The van der Waals surface area contributed by atoms with Gasteiger partial charge in [0.1, 0.15) is 23.0 Å². The first-order valence-electron chi connectivity index (χ1n) is 10.4. The number of aromatic hydroxyl groups is 2. The van der Waals surface area contributed by atoms with Crippen LogP contribution in [-0.2, 0) is 9.59 Å². The van der Waals surface area contributed by atoms with E-state index in [0.29, 0.717) is 16.9 Å². The van der Waals surface area contributed by atoms with Gasteiger partial charge in [-0.15, -0.1) is 0 Å². The van der Waals surface area contributed by atoms with Crippen molar-refractivity contribution in [2.75, 3.05) is 4.90 Å². The highest BCUT2D eigenvalue weighted by Crippen LogP contribution is 2.45. The molecule has 0 bridgehead atoms. The van der Waals surface area contributed by atoms with Gasteiger partial charge in [0.15, 0.2) is 0 Å². The van der Waals surface area contributed by atoms with Gasteiger partial charge in [0.2, 0.25) is 0 Å². The van der Waals surface area contributed by atoms with Crippen molar-refractivity contribution < 1.29 is 29.6 Å². The van der Waals surface area contributed by atoms with Crippen LogP contribution < -0.4 is 9.64 Å². The van der Waals surface area contributed by atoms with Crippen LogP contribution in [0.3, 0.4) is 0 Å². The summed E-state index contributed by atoms with van der Waals surface area (Å²) >= 11 is 0. The van der Waals surface area contributed by atoms with E-state index >= 15 is 0 Å². The van der Waals surface area contributed by atoms with Crippen molar-refractivity contribution in [1.82, 2.24) is 0 Å². The van der Waals surface area contributed by atoms with Crippen molar-refractivity contribution in [3.63, 3.8) is 0 Å². The van der Waals surface area contributed by atoms with Crippen molar-refractivity contribution in [3.05, 3.63) is 89.5 Å². The van der Waals surface area contributed by atoms with E-state index in [2.05, 4.69) is 0 Å². The number of para-hydroxylation sites is 2. The molecule has 1 atom stereocenters. The van der Waals surface area contributed by atoms with E-state index in [1.807, 2.05) is 13.8 Å². The number of nitrogens with zero attached hydrogens (tertiary/aromatic N) is 1. The summed E-state index contributed by atoms with van der Waals surface area (Å²) in [5.74, 6) is -1.95. The van der Waals surface area contributed by atoms with Crippen LogP contribution in [0.25, 0.3) is 5.76 Å². The Labute approximate surface area is 190 Å². The lowest BCUT2D eigenvalue weighted by Gasteiger charge is -2.26. The molecular formula is C26H23NO6. The Hall–Kier alpha value is -4.26. The van der Waals surface area contributed by atoms with E-state index in [0.717, 1.165) is 4.90 Å². The number of aliphatic hydroxyl groups excluding tert-OH is 1. The first-order chi connectivity index (χ1) is 15.8. The molecular weight excluding hydrogens is 422 g/mol. The lowest BCUT2D eigenvalue weighted by Crippen LogP contribution is -2.29. The Morgan fingerprint density at radius 1 is 0.939 bits per heavy atom. The molecule has 3 N–H and O–H groups in total.